The number of hydrogen-bond acceptors (Lipinski definition) is 0. The van der Waals surface area contributed by atoms with Crippen molar-refractivity contribution >= 4 is 5.57 Å². The first-order valence-corrected chi connectivity index (χ1v) is 9.04. The van der Waals surface area contributed by atoms with Crippen molar-refractivity contribution in [2.24, 2.45) is 0 Å². The minimum Gasteiger partial charge on any atom is -0.0683 e. The largest absolute Gasteiger partial charge is 0.0683 e. The molecule has 130 valence electrons. The summed E-state index contributed by atoms with van der Waals surface area (Å²) in [7, 11) is 0. The minimum atomic E-state index is 0.926. The first-order valence-electron chi connectivity index (χ1n) is 9.04. The van der Waals surface area contributed by atoms with Crippen LogP contribution in [0.3, 0.4) is 0 Å². The molecule has 27 heavy (non-hydrogen) atoms. The molecule has 0 fully saturated rings. The first-order chi connectivity index (χ1) is 13.1. The van der Waals surface area contributed by atoms with E-state index in [2.05, 4.69) is 93.0 Å². The topological polar surface area (TPSA) is 0 Å². The van der Waals surface area contributed by atoms with E-state index < -0.39 is 0 Å². The maximum atomic E-state index is 3.30. The number of rotatable bonds is 1. The summed E-state index contributed by atoms with van der Waals surface area (Å²) >= 11 is 0. The van der Waals surface area contributed by atoms with Gasteiger partial charge in [0.1, 0.15) is 0 Å². The van der Waals surface area contributed by atoms with Crippen LogP contribution in [-0.4, -0.2) is 0 Å². The summed E-state index contributed by atoms with van der Waals surface area (Å²) < 4.78 is 0. The van der Waals surface area contributed by atoms with Crippen molar-refractivity contribution in [3.63, 3.8) is 0 Å². The molecule has 0 spiro atoms. The molecule has 0 N–H and O–H groups in total. The molecule has 0 radical (unpaired) electrons. The predicted octanol–water partition coefficient (Wildman–Crippen LogP) is 6.10. The maximum Gasteiger partial charge on any atom is 0.0405 e. The van der Waals surface area contributed by atoms with Crippen LogP contribution < -0.4 is 0 Å². The zero-order valence-electron chi connectivity index (χ0n) is 16.0. The molecule has 0 amide bonds. The summed E-state index contributed by atoms with van der Waals surface area (Å²) in [6, 6.07) is 24.9. The molecule has 0 unspecified atom stereocenters. The zero-order valence-corrected chi connectivity index (χ0v) is 16.0. The van der Waals surface area contributed by atoms with Crippen LogP contribution in [0.2, 0.25) is 0 Å². The van der Waals surface area contributed by atoms with E-state index in [4.69, 9.17) is 0 Å². The van der Waals surface area contributed by atoms with E-state index in [1.54, 1.807) is 0 Å². The zero-order chi connectivity index (χ0) is 19.1. The van der Waals surface area contributed by atoms with Crippen molar-refractivity contribution in [3.05, 3.63) is 112 Å². The van der Waals surface area contributed by atoms with Gasteiger partial charge in [-0.3, -0.25) is 0 Å². The Bertz CT molecular complexity index is 1050. The first kappa shape index (κ1) is 18.3. The van der Waals surface area contributed by atoms with Crippen LogP contribution in [0.5, 0.6) is 0 Å². The monoisotopic (exact) mass is 346 g/mol. The van der Waals surface area contributed by atoms with Gasteiger partial charge in [-0.25, -0.2) is 0 Å². The van der Waals surface area contributed by atoms with Gasteiger partial charge < -0.3 is 0 Å². The van der Waals surface area contributed by atoms with E-state index in [0.717, 1.165) is 22.3 Å². The van der Waals surface area contributed by atoms with Crippen LogP contribution in [-0.2, 0) is 0 Å². The third-order valence-electron chi connectivity index (χ3n) is 4.24. The van der Waals surface area contributed by atoms with Gasteiger partial charge in [-0.05, 0) is 50.6 Å². The molecular weight excluding hydrogens is 324 g/mol. The highest BCUT2D eigenvalue weighted by molar-refractivity contribution is 5.81. The highest BCUT2D eigenvalue weighted by atomic mass is 14.0. The van der Waals surface area contributed by atoms with Gasteiger partial charge in [-0.2, -0.15) is 0 Å². The van der Waals surface area contributed by atoms with Crippen molar-refractivity contribution in [1.29, 1.82) is 0 Å². The molecule has 0 saturated heterocycles. The second-order valence-corrected chi connectivity index (χ2v) is 6.68. The smallest absolute Gasteiger partial charge is 0.0405 e. The molecule has 0 heteroatoms. The van der Waals surface area contributed by atoms with E-state index >= 15 is 0 Å². The molecule has 0 saturated carbocycles. The summed E-state index contributed by atoms with van der Waals surface area (Å²) in [5.74, 6) is 12.9. The van der Waals surface area contributed by atoms with Gasteiger partial charge in [-0.15, -0.1) is 0 Å². The Labute approximate surface area is 162 Å². The predicted molar refractivity (Wildman–Crippen MR) is 115 cm³/mol. The Hall–Kier alpha value is -3.48. The normalized spacial score (nSPS) is 10.4. The van der Waals surface area contributed by atoms with Crippen molar-refractivity contribution < 1.29 is 0 Å². The quantitative estimate of drug-likeness (QED) is 0.467. The van der Waals surface area contributed by atoms with Crippen LogP contribution in [0.15, 0.2) is 78.9 Å². The van der Waals surface area contributed by atoms with E-state index in [1.807, 2.05) is 30.3 Å². The molecule has 0 bridgehead atoms. The highest BCUT2D eigenvalue weighted by Gasteiger charge is 1.97. The van der Waals surface area contributed by atoms with Gasteiger partial charge in [0, 0.05) is 22.8 Å². The molecule has 3 aromatic carbocycles. The third-order valence-corrected chi connectivity index (χ3v) is 4.24. The summed E-state index contributed by atoms with van der Waals surface area (Å²) in [6.07, 6.45) is 1.91. The van der Waals surface area contributed by atoms with Crippen molar-refractivity contribution in [2.45, 2.75) is 20.8 Å². The molecule has 0 aliphatic heterocycles. The van der Waals surface area contributed by atoms with Gasteiger partial charge in [0.15, 0.2) is 0 Å². The fourth-order valence-corrected chi connectivity index (χ4v) is 2.53. The third kappa shape index (κ3) is 5.50. The fraction of sp³-hybridized carbons (Fsp3) is 0.111. The SMILES string of the molecule is Cc1ccc(C#C/C=C(\C#Cc2ccc(C)cc2)c2ccc(C)cc2)cc1. The minimum absolute atomic E-state index is 0.926. The maximum absolute atomic E-state index is 3.30. The highest BCUT2D eigenvalue weighted by Crippen LogP contribution is 2.15. The lowest BCUT2D eigenvalue weighted by atomic mass is 10.0. The summed E-state index contributed by atoms with van der Waals surface area (Å²) in [4.78, 5) is 0. The van der Waals surface area contributed by atoms with E-state index in [1.165, 1.54) is 16.7 Å². The van der Waals surface area contributed by atoms with Crippen molar-refractivity contribution in [1.82, 2.24) is 0 Å². The number of hydrogen-bond donors (Lipinski definition) is 0. The van der Waals surface area contributed by atoms with Crippen LogP contribution in [0, 0.1) is 44.5 Å². The molecular formula is C27H22. The molecule has 0 heterocycles. The Kier molecular flexibility index (Phi) is 5.94. The molecule has 3 aromatic rings. The van der Waals surface area contributed by atoms with Gasteiger partial charge in [-0.1, -0.05) is 88.9 Å². The Morgan fingerprint density at radius 2 is 1.04 bits per heavy atom. The van der Waals surface area contributed by atoms with Crippen LogP contribution in [0.4, 0.5) is 0 Å². The van der Waals surface area contributed by atoms with Crippen LogP contribution in [0.1, 0.15) is 33.4 Å². The molecule has 0 aliphatic rings. The average molecular weight is 346 g/mol. The van der Waals surface area contributed by atoms with Crippen molar-refractivity contribution in [2.75, 3.05) is 0 Å². The number of aryl methyl sites for hydroxylation is 3. The Morgan fingerprint density at radius 3 is 1.56 bits per heavy atom. The van der Waals surface area contributed by atoms with Crippen molar-refractivity contribution in [3.8, 4) is 23.7 Å². The molecule has 3 rings (SSSR count). The van der Waals surface area contributed by atoms with Gasteiger partial charge in [0.2, 0.25) is 0 Å². The molecule has 0 aliphatic carbocycles. The van der Waals surface area contributed by atoms with Gasteiger partial charge in [0.05, 0.1) is 0 Å². The van der Waals surface area contributed by atoms with E-state index in [9.17, 15) is 0 Å². The summed E-state index contributed by atoms with van der Waals surface area (Å²) in [6.45, 7) is 6.24. The lowest BCUT2D eigenvalue weighted by molar-refractivity contribution is 1.45. The molecule has 0 nitrogen and oxygen atoms in total. The Balaban J connectivity index is 1.94. The standard InChI is InChI=1S/C27H22/c1-21-7-13-24(14-8-21)5-4-6-26(27-18-11-23(3)12-19-27)20-17-25-15-9-22(2)10-16-25/h6-16,18-19H,1-3H3/b26-6+. The van der Waals surface area contributed by atoms with E-state index in [-0.39, 0.29) is 0 Å². The number of benzene rings is 3. The molecule has 0 atom stereocenters. The van der Waals surface area contributed by atoms with E-state index in [0.29, 0.717) is 0 Å². The summed E-state index contributed by atoms with van der Waals surface area (Å²) in [5.41, 5.74) is 7.72. The van der Waals surface area contributed by atoms with Crippen LogP contribution >= 0.6 is 0 Å². The lowest BCUT2D eigenvalue weighted by Gasteiger charge is -2.00. The fourth-order valence-electron chi connectivity index (χ4n) is 2.53. The second-order valence-electron chi connectivity index (χ2n) is 6.68. The number of allylic oxidation sites excluding steroid dienone is 2. The van der Waals surface area contributed by atoms with Gasteiger partial charge in [0.25, 0.3) is 0 Å². The van der Waals surface area contributed by atoms with Crippen LogP contribution in [0.25, 0.3) is 5.57 Å². The van der Waals surface area contributed by atoms with Gasteiger partial charge >= 0.3 is 0 Å². The lowest BCUT2D eigenvalue weighted by Crippen LogP contribution is -1.83. The second kappa shape index (κ2) is 8.75. The average Bonchev–Trinajstić information content (AvgIpc) is 2.68. The molecule has 0 aromatic heterocycles. The summed E-state index contributed by atoms with van der Waals surface area (Å²) in [5, 5.41) is 0. The Morgan fingerprint density at radius 1 is 0.593 bits per heavy atom.